The third kappa shape index (κ3) is 3.57. The molecular weight excluding hydrogens is 202 g/mol. The molecule has 0 radical (unpaired) electrons. The van der Waals surface area contributed by atoms with Crippen molar-refractivity contribution in [3.63, 3.8) is 0 Å². The predicted octanol–water partition coefficient (Wildman–Crippen LogP) is 2.47. The van der Waals surface area contributed by atoms with Crippen molar-refractivity contribution in [2.75, 3.05) is 19.0 Å². The predicted molar refractivity (Wildman–Crippen MR) is 66.1 cm³/mol. The van der Waals surface area contributed by atoms with E-state index < -0.39 is 5.97 Å². The van der Waals surface area contributed by atoms with Gasteiger partial charge in [0.25, 0.3) is 0 Å². The Morgan fingerprint density at radius 3 is 2.62 bits per heavy atom. The molecule has 1 rings (SSSR count). The molecule has 88 valence electrons. The maximum atomic E-state index is 10.4. The van der Waals surface area contributed by atoms with Crippen LogP contribution in [0.25, 0.3) is 0 Å². The molecule has 3 nitrogen and oxygen atoms in total. The van der Waals surface area contributed by atoms with Gasteiger partial charge in [-0.15, -0.1) is 0 Å². The van der Waals surface area contributed by atoms with Gasteiger partial charge in [0.2, 0.25) is 0 Å². The van der Waals surface area contributed by atoms with E-state index >= 15 is 0 Å². The van der Waals surface area contributed by atoms with Crippen LogP contribution >= 0.6 is 0 Å². The van der Waals surface area contributed by atoms with Crippen LogP contribution in [0.1, 0.15) is 24.0 Å². The quantitative estimate of drug-likeness (QED) is 0.830. The van der Waals surface area contributed by atoms with Crippen molar-refractivity contribution in [3.8, 4) is 0 Å². The maximum Gasteiger partial charge on any atom is 0.303 e. The van der Waals surface area contributed by atoms with E-state index in [9.17, 15) is 4.79 Å². The Morgan fingerprint density at radius 1 is 1.38 bits per heavy atom. The van der Waals surface area contributed by atoms with E-state index in [2.05, 4.69) is 30.0 Å². The lowest BCUT2D eigenvalue weighted by Crippen LogP contribution is -2.10. The molecule has 0 bridgehead atoms. The van der Waals surface area contributed by atoms with Crippen LogP contribution in [-0.2, 0) is 11.2 Å². The minimum absolute atomic E-state index is 0.241. The lowest BCUT2D eigenvalue weighted by atomic mass is 10.0. The van der Waals surface area contributed by atoms with Gasteiger partial charge in [-0.25, -0.2) is 0 Å². The van der Waals surface area contributed by atoms with Crippen LogP contribution in [0, 0.1) is 6.92 Å². The number of hydrogen-bond donors (Lipinski definition) is 1. The Bertz CT molecular complexity index is 372. The number of aliphatic carboxylic acids is 1. The second kappa shape index (κ2) is 5.54. The summed E-state index contributed by atoms with van der Waals surface area (Å²) in [7, 11) is 4.03. The number of hydrogen-bond acceptors (Lipinski definition) is 2. The van der Waals surface area contributed by atoms with Gasteiger partial charge in [0.15, 0.2) is 0 Å². The maximum absolute atomic E-state index is 10.4. The largest absolute Gasteiger partial charge is 0.481 e. The summed E-state index contributed by atoms with van der Waals surface area (Å²) in [5, 5.41) is 8.57. The van der Waals surface area contributed by atoms with Crippen molar-refractivity contribution in [2.24, 2.45) is 0 Å². The Kier molecular flexibility index (Phi) is 4.35. The lowest BCUT2D eigenvalue weighted by Gasteiger charge is -2.16. The summed E-state index contributed by atoms with van der Waals surface area (Å²) in [5.74, 6) is -0.722. The number of carboxylic acids is 1. The molecule has 0 aliphatic rings. The molecule has 16 heavy (non-hydrogen) atoms. The van der Waals surface area contributed by atoms with Crippen LogP contribution in [0.5, 0.6) is 0 Å². The molecule has 0 saturated heterocycles. The van der Waals surface area contributed by atoms with Gasteiger partial charge in [-0.05, 0) is 37.0 Å². The zero-order chi connectivity index (χ0) is 12.1. The van der Waals surface area contributed by atoms with Crippen LogP contribution in [-0.4, -0.2) is 25.2 Å². The minimum atomic E-state index is -0.722. The summed E-state index contributed by atoms with van der Waals surface area (Å²) in [4.78, 5) is 12.5. The molecular formula is C13H19NO2. The molecule has 1 N–H and O–H groups in total. The average molecular weight is 221 g/mol. The zero-order valence-electron chi connectivity index (χ0n) is 10.2. The van der Waals surface area contributed by atoms with E-state index in [1.54, 1.807) is 0 Å². The van der Waals surface area contributed by atoms with E-state index in [1.165, 1.54) is 16.8 Å². The summed E-state index contributed by atoms with van der Waals surface area (Å²) in [6, 6.07) is 6.30. The topological polar surface area (TPSA) is 40.5 Å². The summed E-state index contributed by atoms with van der Waals surface area (Å²) in [6.07, 6.45) is 1.77. The molecule has 0 heterocycles. The fourth-order valence-electron chi connectivity index (χ4n) is 1.74. The van der Waals surface area contributed by atoms with Crippen molar-refractivity contribution < 1.29 is 9.90 Å². The lowest BCUT2D eigenvalue weighted by molar-refractivity contribution is -0.137. The Morgan fingerprint density at radius 2 is 2.06 bits per heavy atom. The van der Waals surface area contributed by atoms with Gasteiger partial charge in [-0.1, -0.05) is 12.1 Å². The SMILES string of the molecule is Cc1ccc(CCCC(=O)O)cc1N(C)C. The van der Waals surface area contributed by atoms with Crippen LogP contribution in [0.3, 0.4) is 0 Å². The first kappa shape index (κ1) is 12.6. The first-order valence-electron chi connectivity index (χ1n) is 5.49. The van der Waals surface area contributed by atoms with Gasteiger partial charge in [-0.2, -0.15) is 0 Å². The number of aryl methyl sites for hydroxylation is 2. The molecule has 0 saturated carbocycles. The van der Waals surface area contributed by atoms with Gasteiger partial charge in [-0.3, -0.25) is 4.79 Å². The van der Waals surface area contributed by atoms with Gasteiger partial charge in [0.1, 0.15) is 0 Å². The number of anilines is 1. The molecule has 0 spiro atoms. The summed E-state index contributed by atoms with van der Waals surface area (Å²) >= 11 is 0. The highest BCUT2D eigenvalue weighted by molar-refractivity contribution is 5.66. The van der Waals surface area contributed by atoms with Crippen LogP contribution < -0.4 is 4.90 Å². The van der Waals surface area contributed by atoms with Crippen LogP contribution in [0.4, 0.5) is 5.69 Å². The normalized spacial score (nSPS) is 10.2. The molecule has 1 aromatic rings. The number of carbonyl (C=O) groups is 1. The van der Waals surface area contributed by atoms with E-state index in [-0.39, 0.29) is 6.42 Å². The van der Waals surface area contributed by atoms with E-state index in [1.807, 2.05) is 14.1 Å². The van der Waals surface area contributed by atoms with E-state index in [0.717, 1.165) is 6.42 Å². The minimum Gasteiger partial charge on any atom is -0.481 e. The zero-order valence-corrected chi connectivity index (χ0v) is 10.2. The molecule has 0 amide bonds. The van der Waals surface area contributed by atoms with Gasteiger partial charge < -0.3 is 10.0 Å². The number of carboxylic acid groups (broad SMARTS) is 1. The fraction of sp³-hybridized carbons (Fsp3) is 0.462. The Hall–Kier alpha value is -1.51. The third-order valence-electron chi connectivity index (χ3n) is 2.61. The van der Waals surface area contributed by atoms with Crippen LogP contribution in [0.15, 0.2) is 18.2 Å². The highest BCUT2D eigenvalue weighted by Crippen LogP contribution is 2.20. The molecule has 0 aliphatic heterocycles. The molecule has 3 heteroatoms. The van der Waals surface area contributed by atoms with Crippen LogP contribution in [0.2, 0.25) is 0 Å². The molecule has 0 aromatic heterocycles. The Balaban J connectivity index is 2.67. The summed E-state index contributed by atoms with van der Waals surface area (Å²) in [5.41, 5.74) is 3.65. The van der Waals surface area contributed by atoms with Gasteiger partial charge in [0.05, 0.1) is 0 Å². The van der Waals surface area contributed by atoms with Crippen molar-refractivity contribution in [1.82, 2.24) is 0 Å². The highest BCUT2D eigenvalue weighted by Gasteiger charge is 2.03. The highest BCUT2D eigenvalue weighted by atomic mass is 16.4. The monoisotopic (exact) mass is 221 g/mol. The van der Waals surface area contributed by atoms with E-state index in [0.29, 0.717) is 6.42 Å². The van der Waals surface area contributed by atoms with Crippen molar-refractivity contribution >= 4 is 11.7 Å². The first-order chi connectivity index (χ1) is 7.50. The molecule has 0 aliphatic carbocycles. The fourth-order valence-corrected chi connectivity index (χ4v) is 1.74. The molecule has 0 fully saturated rings. The number of rotatable bonds is 5. The Labute approximate surface area is 96.7 Å². The van der Waals surface area contributed by atoms with Crippen molar-refractivity contribution in [2.45, 2.75) is 26.2 Å². The molecule has 0 atom stereocenters. The van der Waals surface area contributed by atoms with Gasteiger partial charge >= 0.3 is 5.97 Å². The number of benzene rings is 1. The number of nitrogens with zero attached hydrogens (tertiary/aromatic N) is 1. The van der Waals surface area contributed by atoms with Crippen molar-refractivity contribution in [1.29, 1.82) is 0 Å². The first-order valence-corrected chi connectivity index (χ1v) is 5.49. The second-order valence-electron chi connectivity index (χ2n) is 4.26. The summed E-state index contributed by atoms with van der Waals surface area (Å²) < 4.78 is 0. The average Bonchev–Trinajstić information content (AvgIpc) is 2.19. The molecule has 1 aromatic carbocycles. The summed E-state index contributed by atoms with van der Waals surface area (Å²) in [6.45, 7) is 2.08. The van der Waals surface area contributed by atoms with Gasteiger partial charge in [0, 0.05) is 26.2 Å². The van der Waals surface area contributed by atoms with E-state index in [4.69, 9.17) is 5.11 Å². The standard InChI is InChI=1S/C13H19NO2/c1-10-7-8-11(5-4-6-13(15)16)9-12(10)14(2)3/h7-9H,4-6H2,1-3H3,(H,15,16). The molecule has 0 unspecified atom stereocenters. The third-order valence-corrected chi connectivity index (χ3v) is 2.61. The van der Waals surface area contributed by atoms with Crippen molar-refractivity contribution in [3.05, 3.63) is 29.3 Å². The smallest absolute Gasteiger partial charge is 0.303 e. The second-order valence-corrected chi connectivity index (χ2v) is 4.26.